The molecule has 1 aromatic heterocycles. The normalized spacial score (nSPS) is 18.8. The summed E-state index contributed by atoms with van der Waals surface area (Å²) in [6.45, 7) is 2.96. The SMILES string of the molecule is CCc1cnc(OC2CCN(C(=O)CN3C(=O)CCC3=O)CC2)nc1. The van der Waals surface area contributed by atoms with Gasteiger partial charge in [0.2, 0.25) is 17.7 Å². The van der Waals surface area contributed by atoms with Gasteiger partial charge in [-0.25, -0.2) is 9.97 Å². The fourth-order valence-corrected chi connectivity index (χ4v) is 2.99. The van der Waals surface area contributed by atoms with Crippen molar-refractivity contribution in [1.82, 2.24) is 19.8 Å². The van der Waals surface area contributed by atoms with Crippen LogP contribution in [0.25, 0.3) is 0 Å². The number of carbonyl (C=O) groups is 3. The zero-order chi connectivity index (χ0) is 17.8. The Morgan fingerprint density at radius 1 is 1.16 bits per heavy atom. The average Bonchev–Trinajstić information content (AvgIpc) is 2.95. The van der Waals surface area contributed by atoms with Crippen molar-refractivity contribution in [3.8, 4) is 6.01 Å². The van der Waals surface area contributed by atoms with Gasteiger partial charge in [0.15, 0.2) is 0 Å². The molecule has 0 radical (unpaired) electrons. The van der Waals surface area contributed by atoms with Crippen molar-refractivity contribution in [3.63, 3.8) is 0 Å². The second-order valence-corrected chi connectivity index (χ2v) is 6.30. The molecule has 3 rings (SSSR count). The van der Waals surface area contributed by atoms with Gasteiger partial charge in [0.25, 0.3) is 0 Å². The third kappa shape index (κ3) is 4.12. The highest BCUT2D eigenvalue weighted by Crippen LogP contribution is 2.17. The summed E-state index contributed by atoms with van der Waals surface area (Å²) < 4.78 is 5.77. The van der Waals surface area contributed by atoms with E-state index in [0.717, 1.165) is 16.9 Å². The largest absolute Gasteiger partial charge is 0.460 e. The number of hydrogen-bond acceptors (Lipinski definition) is 6. The highest BCUT2D eigenvalue weighted by molar-refractivity contribution is 6.04. The lowest BCUT2D eigenvalue weighted by Gasteiger charge is -2.32. The second kappa shape index (κ2) is 7.58. The third-order valence-corrected chi connectivity index (χ3v) is 4.60. The van der Waals surface area contributed by atoms with E-state index < -0.39 is 0 Å². The van der Waals surface area contributed by atoms with Gasteiger partial charge in [-0.1, -0.05) is 6.92 Å². The van der Waals surface area contributed by atoms with Crippen LogP contribution in [0.2, 0.25) is 0 Å². The maximum atomic E-state index is 12.3. The lowest BCUT2D eigenvalue weighted by molar-refractivity contribution is -0.146. The minimum Gasteiger partial charge on any atom is -0.460 e. The smallest absolute Gasteiger partial charge is 0.316 e. The number of aryl methyl sites for hydroxylation is 1. The Balaban J connectivity index is 1.47. The van der Waals surface area contributed by atoms with Crippen LogP contribution in [0.3, 0.4) is 0 Å². The molecule has 0 spiro atoms. The molecule has 0 unspecified atom stereocenters. The van der Waals surface area contributed by atoms with Crippen molar-refractivity contribution in [2.45, 2.75) is 45.1 Å². The first-order valence-electron chi connectivity index (χ1n) is 8.65. The van der Waals surface area contributed by atoms with Crippen LogP contribution in [0, 0.1) is 0 Å². The highest BCUT2D eigenvalue weighted by atomic mass is 16.5. The molecule has 2 aliphatic rings. The molecule has 0 aliphatic carbocycles. The molecule has 2 aliphatic heterocycles. The zero-order valence-corrected chi connectivity index (χ0v) is 14.3. The molecule has 0 bridgehead atoms. The van der Waals surface area contributed by atoms with E-state index in [-0.39, 0.29) is 43.2 Å². The van der Waals surface area contributed by atoms with Crippen LogP contribution in [0.1, 0.15) is 38.2 Å². The zero-order valence-electron chi connectivity index (χ0n) is 14.3. The standard InChI is InChI=1S/C17H22N4O4/c1-2-12-9-18-17(19-10-12)25-13-5-7-20(8-6-13)16(24)11-21-14(22)3-4-15(21)23/h9-10,13H,2-8,11H2,1H3. The first-order chi connectivity index (χ1) is 12.1. The number of carbonyl (C=O) groups excluding carboxylic acids is 3. The fraction of sp³-hybridized carbons (Fsp3) is 0.588. The topological polar surface area (TPSA) is 92.7 Å². The Morgan fingerprint density at radius 3 is 2.32 bits per heavy atom. The van der Waals surface area contributed by atoms with Crippen molar-refractivity contribution in [2.75, 3.05) is 19.6 Å². The summed E-state index contributed by atoms with van der Waals surface area (Å²) in [5, 5.41) is 0. The number of piperidine rings is 1. The second-order valence-electron chi connectivity index (χ2n) is 6.30. The Hall–Kier alpha value is -2.51. The molecular weight excluding hydrogens is 324 g/mol. The molecule has 8 heteroatoms. The molecule has 0 saturated carbocycles. The highest BCUT2D eigenvalue weighted by Gasteiger charge is 2.33. The van der Waals surface area contributed by atoms with E-state index in [9.17, 15) is 14.4 Å². The van der Waals surface area contributed by atoms with E-state index in [1.54, 1.807) is 17.3 Å². The Kier molecular flexibility index (Phi) is 5.25. The van der Waals surface area contributed by atoms with E-state index in [0.29, 0.717) is 31.9 Å². The maximum absolute atomic E-state index is 12.3. The number of amides is 3. The fourth-order valence-electron chi connectivity index (χ4n) is 2.99. The van der Waals surface area contributed by atoms with Crippen molar-refractivity contribution < 1.29 is 19.1 Å². The monoisotopic (exact) mass is 346 g/mol. The number of aromatic nitrogens is 2. The summed E-state index contributed by atoms with van der Waals surface area (Å²) in [7, 11) is 0. The molecule has 3 heterocycles. The first kappa shape index (κ1) is 17.3. The number of likely N-dealkylation sites (tertiary alicyclic amines) is 2. The number of imide groups is 1. The molecule has 134 valence electrons. The van der Waals surface area contributed by atoms with E-state index in [2.05, 4.69) is 9.97 Å². The predicted octanol–water partition coefficient (Wildman–Crippen LogP) is 0.558. The van der Waals surface area contributed by atoms with Gasteiger partial charge in [-0.05, 0) is 12.0 Å². The van der Waals surface area contributed by atoms with E-state index in [1.165, 1.54) is 0 Å². The molecule has 0 aromatic carbocycles. The van der Waals surface area contributed by atoms with Gasteiger partial charge in [0.1, 0.15) is 12.6 Å². The van der Waals surface area contributed by atoms with Crippen LogP contribution in [0.5, 0.6) is 6.01 Å². The molecule has 1 aromatic rings. The van der Waals surface area contributed by atoms with Crippen molar-refractivity contribution in [2.24, 2.45) is 0 Å². The number of nitrogens with zero attached hydrogens (tertiary/aromatic N) is 4. The molecular formula is C17H22N4O4. The number of hydrogen-bond donors (Lipinski definition) is 0. The quantitative estimate of drug-likeness (QED) is 0.723. The minimum absolute atomic E-state index is 0.0356. The van der Waals surface area contributed by atoms with Crippen molar-refractivity contribution in [1.29, 1.82) is 0 Å². The molecule has 8 nitrogen and oxygen atoms in total. The number of ether oxygens (including phenoxy) is 1. The van der Waals surface area contributed by atoms with Gasteiger partial charge in [-0.2, -0.15) is 0 Å². The molecule has 25 heavy (non-hydrogen) atoms. The van der Waals surface area contributed by atoms with Gasteiger partial charge in [0.05, 0.1) is 0 Å². The summed E-state index contributed by atoms with van der Waals surface area (Å²) in [5.41, 5.74) is 1.05. The molecule has 3 amide bonds. The summed E-state index contributed by atoms with van der Waals surface area (Å²) in [4.78, 5) is 46.6. The third-order valence-electron chi connectivity index (χ3n) is 4.60. The van der Waals surface area contributed by atoms with Crippen LogP contribution >= 0.6 is 0 Å². The lowest BCUT2D eigenvalue weighted by atomic mass is 10.1. The van der Waals surface area contributed by atoms with Crippen LogP contribution in [0.4, 0.5) is 0 Å². The molecule has 0 N–H and O–H groups in total. The van der Waals surface area contributed by atoms with E-state index >= 15 is 0 Å². The summed E-state index contributed by atoms with van der Waals surface area (Å²) in [6, 6.07) is 0.357. The maximum Gasteiger partial charge on any atom is 0.316 e. The predicted molar refractivity (Wildman–Crippen MR) is 87.6 cm³/mol. The minimum atomic E-state index is -0.260. The van der Waals surface area contributed by atoms with Gasteiger partial charge in [0, 0.05) is 51.2 Å². The van der Waals surface area contributed by atoms with Gasteiger partial charge >= 0.3 is 6.01 Å². The van der Waals surface area contributed by atoms with Crippen LogP contribution in [0.15, 0.2) is 12.4 Å². The Morgan fingerprint density at radius 2 is 1.76 bits per heavy atom. The average molecular weight is 346 g/mol. The van der Waals surface area contributed by atoms with Crippen molar-refractivity contribution >= 4 is 17.7 Å². The Labute approximate surface area is 146 Å². The Bertz CT molecular complexity index is 637. The van der Waals surface area contributed by atoms with Crippen LogP contribution in [-0.2, 0) is 20.8 Å². The summed E-state index contributed by atoms with van der Waals surface area (Å²) >= 11 is 0. The number of rotatable bonds is 5. The van der Waals surface area contributed by atoms with E-state index in [1.807, 2.05) is 6.92 Å². The molecule has 2 fully saturated rings. The van der Waals surface area contributed by atoms with Gasteiger partial charge < -0.3 is 9.64 Å². The van der Waals surface area contributed by atoms with Crippen LogP contribution < -0.4 is 4.74 Å². The summed E-state index contributed by atoms with van der Waals surface area (Å²) in [5.74, 6) is -0.709. The first-order valence-corrected chi connectivity index (χ1v) is 8.65. The van der Waals surface area contributed by atoms with Crippen LogP contribution in [-0.4, -0.2) is 63.2 Å². The van der Waals surface area contributed by atoms with Crippen molar-refractivity contribution in [3.05, 3.63) is 18.0 Å². The van der Waals surface area contributed by atoms with Gasteiger partial charge in [-0.3, -0.25) is 19.3 Å². The molecule has 2 saturated heterocycles. The summed E-state index contributed by atoms with van der Waals surface area (Å²) in [6.07, 6.45) is 6.11. The van der Waals surface area contributed by atoms with E-state index in [4.69, 9.17) is 4.74 Å². The molecule has 0 atom stereocenters. The van der Waals surface area contributed by atoms with Gasteiger partial charge in [-0.15, -0.1) is 0 Å². The lowest BCUT2D eigenvalue weighted by Crippen LogP contribution is -2.47.